The number of nitrogens with one attached hydrogen (secondary N) is 2. The van der Waals surface area contributed by atoms with Gasteiger partial charge in [-0.05, 0) is 13.3 Å². The lowest BCUT2D eigenvalue weighted by molar-refractivity contribution is -0.143. The molecule has 0 spiro atoms. The first-order chi connectivity index (χ1) is 8.13. The van der Waals surface area contributed by atoms with Crippen LogP contribution in [0.4, 0.5) is 0 Å². The molecule has 0 radical (unpaired) electrons. The van der Waals surface area contributed by atoms with Crippen molar-refractivity contribution in [2.45, 2.75) is 24.8 Å². The summed E-state index contributed by atoms with van der Waals surface area (Å²) in [6, 6.07) is 0. The van der Waals surface area contributed by atoms with Gasteiger partial charge in [-0.3, -0.25) is 14.6 Å². The minimum atomic E-state index is -0.633. The van der Waals surface area contributed by atoms with E-state index in [9.17, 15) is 14.4 Å². The van der Waals surface area contributed by atoms with Crippen LogP contribution in [0.5, 0.6) is 0 Å². The summed E-state index contributed by atoms with van der Waals surface area (Å²) in [5.41, 5.74) is -1.15. The van der Waals surface area contributed by atoms with Crippen molar-refractivity contribution in [3.8, 4) is 0 Å². The molecule has 94 valence electrons. The van der Waals surface area contributed by atoms with Gasteiger partial charge in [-0.1, -0.05) is 11.8 Å². The summed E-state index contributed by atoms with van der Waals surface area (Å²) < 4.78 is 4.75. The molecule has 0 aliphatic carbocycles. The molecule has 0 saturated heterocycles. The first kappa shape index (κ1) is 13.5. The van der Waals surface area contributed by atoms with Crippen LogP contribution in [0.1, 0.15) is 19.8 Å². The highest BCUT2D eigenvalue weighted by Crippen LogP contribution is 2.11. The molecule has 17 heavy (non-hydrogen) atoms. The summed E-state index contributed by atoms with van der Waals surface area (Å²) in [6.45, 7) is 2.11. The molecule has 0 aliphatic heterocycles. The highest BCUT2D eigenvalue weighted by molar-refractivity contribution is 7.99. The van der Waals surface area contributed by atoms with Crippen LogP contribution in [0.3, 0.4) is 0 Å². The van der Waals surface area contributed by atoms with Crippen molar-refractivity contribution in [2.24, 2.45) is 0 Å². The Kier molecular flexibility index (Phi) is 5.47. The fourth-order valence-electron chi connectivity index (χ4n) is 1.05. The molecule has 0 aliphatic rings. The Hall–Kier alpha value is -1.57. The topological polar surface area (TPSA) is 105 Å². The highest BCUT2D eigenvalue weighted by atomic mass is 32.2. The smallest absolute Gasteiger partial charge is 0.342 e. The van der Waals surface area contributed by atoms with Gasteiger partial charge in [0.2, 0.25) is 0 Å². The Bertz CT molecular complexity index is 482. The summed E-state index contributed by atoms with van der Waals surface area (Å²) >= 11 is 1.18. The zero-order valence-electron chi connectivity index (χ0n) is 9.32. The predicted molar refractivity (Wildman–Crippen MR) is 62.1 cm³/mol. The standard InChI is InChI=1S/C9H13N3O4S/c1-2-16-6(13)4-3-5-17-8-7(14)10-9(15)12-11-8/h2-5H2,1H3,(H2,10,12,14,15). The van der Waals surface area contributed by atoms with E-state index in [1.54, 1.807) is 6.92 Å². The van der Waals surface area contributed by atoms with Gasteiger partial charge in [-0.15, -0.1) is 0 Å². The fraction of sp³-hybridized carbons (Fsp3) is 0.556. The van der Waals surface area contributed by atoms with Gasteiger partial charge in [0.25, 0.3) is 5.56 Å². The molecule has 1 aromatic heterocycles. The molecule has 0 unspecified atom stereocenters. The van der Waals surface area contributed by atoms with Crippen molar-refractivity contribution in [3.63, 3.8) is 0 Å². The highest BCUT2D eigenvalue weighted by Gasteiger charge is 2.05. The Morgan fingerprint density at radius 2 is 2.24 bits per heavy atom. The van der Waals surface area contributed by atoms with Gasteiger partial charge in [0, 0.05) is 12.2 Å². The second-order valence-electron chi connectivity index (χ2n) is 3.07. The van der Waals surface area contributed by atoms with Crippen molar-refractivity contribution in [2.75, 3.05) is 12.4 Å². The van der Waals surface area contributed by atoms with Crippen LogP contribution in [0, 0.1) is 0 Å². The largest absolute Gasteiger partial charge is 0.466 e. The minimum Gasteiger partial charge on any atom is -0.466 e. The van der Waals surface area contributed by atoms with Gasteiger partial charge >= 0.3 is 11.7 Å². The number of carbonyl (C=O) groups excluding carboxylic acids is 1. The van der Waals surface area contributed by atoms with Gasteiger partial charge in [0.05, 0.1) is 6.61 Å². The van der Waals surface area contributed by atoms with E-state index >= 15 is 0 Å². The van der Waals surface area contributed by atoms with Crippen LogP contribution in [-0.4, -0.2) is 33.5 Å². The van der Waals surface area contributed by atoms with Crippen molar-refractivity contribution >= 4 is 17.7 Å². The molecule has 1 aromatic rings. The maximum absolute atomic E-state index is 11.2. The van der Waals surface area contributed by atoms with Crippen LogP contribution >= 0.6 is 11.8 Å². The third-order valence-electron chi connectivity index (χ3n) is 1.75. The maximum atomic E-state index is 11.2. The number of rotatable bonds is 6. The number of hydrogen-bond donors (Lipinski definition) is 2. The molecule has 0 amide bonds. The molecule has 8 heteroatoms. The predicted octanol–water partition coefficient (Wildman–Crippen LogP) is -0.106. The van der Waals surface area contributed by atoms with Crippen molar-refractivity contribution in [1.82, 2.24) is 15.2 Å². The molecule has 7 nitrogen and oxygen atoms in total. The van der Waals surface area contributed by atoms with Gasteiger partial charge in [0.1, 0.15) is 0 Å². The van der Waals surface area contributed by atoms with Gasteiger partial charge in [-0.25, -0.2) is 9.89 Å². The number of carbonyl (C=O) groups is 1. The Morgan fingerprint density at radius 1 is 1.47 bits per heavy atom. The number of esters is 1. The van der Waals surface area contributed by atoms with Crippen LogP contribution in [0.25, 0.3) is 0 Å². The molecule has 2 N–H and O–H groups in total. The summed E-state index contributed by atoms with van der Waals surface area (Å²) in [4.78, 5) is 35.0. The summed E-state index contributed by atoms with van der Waals surface area (Å²) in [6.07, 6.45) is 0.895. The molecule has 0 aromatic carbocycles. The van der Waals surface area contributed by atoms with E-state index in [1.807, 2.05) is 0 Å². The second kappa shape index (κ2) is 6.89. The third-order valence-corrected chi connectivity index (χ3v) is 2.79. The molecular weight excluding hydrogens is 246 g/mol. The monoisotopic (exact) mass is 259 g/mol. The molecule has 1 heterocycles. The third kappa shape index (κ3) is 4.85. The van der Waals surface area contributed by atoms with Gasteiger partial charge in [-0.2, -0.15) is 5.10 Å². The van der Waals surface area contributed by atoms with Crippen molar-refractivity contribution in [3.05, 3.63) is 20.8 Å². The van der Waals surface area contributed by atoms with E-state index in [-0.39, 0.29) is 11.0 Å². The van der Waals surface area contributed by atoms with E-state index in [4.69, 9.17) is 4.74 Å². The Labute approximate surface area is 101 Å². The Morgan fingerprint density at radius 3 is 2.88 bits per heavy atom. The van der Waals surface area contributed by atoms with E-state index in [1.165, 1.54) is 11.8 Å². The minimum absolute atomic E-state index is 0.188. The molecule has 0 bridgehead atoms. The quantitative estimate of drug-likeness (QED) is 0.419. The van der Waals surface area contributed by atoms with Crippen molar-refractivity contribution in [1.29, 1.82) is 0 Å². The normalized spacial score (nSPS) is 10.2. The molecule has 0 saturated carbocycles. The molecule has 0 fully saturated rings. The lowest BCUT2D eigenvalue weighted by Crippen LogP contribution is -2.25. The number of nitrogens with zero attached hydrogens (tertiary/aromatic N) is 1. The Balaban J connectivity index is 2.34. The second-order valence-corrected chi connectivity index (χ2v) is 4.15. The number of thioether (sulfide) groups is 1. The maximum Gasteiger partial charge on any atom is 0.342 e. The molecule has 0 atom stereocenters. The summed E-state index contributed by atoms with van der Waals surface area (Å²) in [7, 11) is 0. The number of aromatic amines is 2. The molecular formula is C9H13N3O4S. The van der Waals surface area contributed by atoms with Crippen LogP contribution in [0.15, 0.2) is 14.6 Å². The fourth-order valence-corrected chi connectivity index (χ4v) is 1.83. The number of hydrogen-bond acceptors (Lipinski definition) is 6. The van der Waals surface area contributed by atoms with E-state index in [0.29, 0.717) is 25.2 Å². The lowest BCUT2D eigenvalue weighted by Gasteiger charge is -2.00. The average molecular weight is 259 g/mol. The van der Waals surface area contributed by atoms with E-state index in [2.05, 4.69) is 15.2 Å². The van der Waals surface area contributed by atoms with Crippen molar-refractivity contribution < 1.29 is 9.53 Å². The molecule has 1 rings (SSSR count). The average Bonchev–Trinajstić information content (AvgIpc) is 2.27. The van der Waals surface area contributed by atoms with Crippen LogP contribution in [0.2, 0.25) is 0 Å². The first-order valence-electron chi connectivity index (χ1n) is 5.11. The van der Waals surface area contributed by atoms with Gasteiger partial charge in [0.15, 0.2) is 5.03 Å². The summed E-state index contributed by atoms with van der Waals surface area (Å²) in [5.74, 6) is 0.303. The zero-order chi connectivity index (χ0) is 12.7. The van der Waals surface area contributed by atoms with Crippen LogP contribution < -0.4 is 11.2 Å². The van der Waals surface area contributed by atoms with Crippen LogP contribution in [-0.2, 0) is 9.53 Å². The number of ether oxygens (including phenoxy) is 1. The number of H-pyrrole nitrogens is 2. The summed E-state index contributed by atoms with van der Waals surface area (Å²) in [5, 5.41) is 5.92. The number of aromatic nitrogens is 3. The van der Waals surface area contributed by atoms with Gasteiger partial charge < -0.3 is 4.74 Å². The lowest BCUT2D eigenvalue weighted by atomic mass is 10.3. The van der Waals surface area contributed by atoms with E-state index in [0.717, 1.165) is 0 Å². The van der Waals surface area contributed by atoms with E-state index < -0.39 is 11.2 Å². The first-order valence-corrected chi connectivity index (χ1v) is 6.09. The zero-order valence-corrected chi connectivity index (χ0v) is 10.1. The SMILES string of the molecule is CCOC(=O)CCCSc1n[nH]c(=O)[nH]c1=O.